The van der Waals surface area contributed by atoms with Crippen molar-refractivity contribution in [3.8, 4) is 0 Å². The van der Waals surface area contributed by atoms with E-state index in [0.717, 1.165) is 43.5 Å². The van der Waals surface area contributed by atoms with Gasteiger partial charge in [-0.15, -0.1) is 0 Å². The summed E-state index contributed by atoms with van der Waals surface area (Å²) in [6.45, 7) is 5.97. The molecule has 1 heterocycles. The molecule has 5 heteroatoms. The van der Waals surface area contributed by atoms with Crippen LogP contribution in [0.5, 0.6) is 0 Å². The van der Waals surface area contributed by atoms with E-state index in [0.29, 0.717) is 31.2 Å². The molecule has 3 rings (SSSR count). The summed E-state index contributed by atoms with van der Waals surface area (Å²) < 4.78 is 19.1. The van der Waals surface area contributed by atoms with Crippen LogP contribution in [0, 0.1) is 5.82 Å². The summed E-state index contributed by atoms with van der Waals surface area (Å²) in [6, 6.07) is 14.1. The van der Waals surface area contributed by atoms with Crippen LogP contribution in [-0.4, -0.2) is 42.9 Å². The molecule has 2 aromatic carbocycles. The van der Waals surface area contributed by atoms with E-state index in [1.807, 2.05) is 24.3 Å². The van der Waals surface area contributed by atoms with Gasteiger partial charge in [-0.25, -0.2) is 4.39 Å². The summed E-state index contributed by atoms with van der Waals surface area (Å²) in [5, 5.41) is 12.8. The predicted octanol–water partition coefficient (Wildman–Crippen LogP) is 5.36. The van der Waals surface area contributed by atoms with Gasteiger partial charge in [0.2, 0.25) is 0 Å². The standard InChI is InChI=1S/C24H31ClFNO2/c1-2-3-4-13-24(28,20-7-11-22(26)12-8-20)23(18-27-14-16-29-17-15-27)19-5-9-21(25)10-6-19/h5-12,23,28H,2-4,13-18H2,1H3/t23-,24-/m1/s1. The SMILES string of the molecule is CCCCC[C@@](O)(c1ccc(F)cc1)[C@H](CN1CCOCC1)c1ccc(Cl)cc1. The normalized spacial score (nSPS) is 18.3. The van der Waals surface area contributed by atoms with Crippen molar-refractivity contribution in [2.45, 2.75) is 44.1 Å². The Morgan fingerprint density at radius 1 is 1.07 bits per heavy atom. The van der Waals surface area contributed by atoms with Gasteiger partial charge in [0.1, 0.15) is 5.82 Å². The lowest BCUT2D eigenvalue weighted by Gasteiger charge is -2.41. The third-order valence-corrected chi connectivity index (χ3v) is 6.15. The van der Waals surface area contributed by atoms with Crippen molar-refractivity contribution in [1.82, 2.24) is 4.90 Å². The minimum atomic E-state index is -1.09. The molecule has 0 bridgehead atoms. The van der Waals surface area contributed by atoms with E-state index in [2.05, 4.69) is 11.8 Å². The number of ether oxygens (including phenoxy) is 1. The fourth-order valence-electron chi connectivity index (χ4n) is 4.17. The Bertz CT molecular complexity index is 746. The number of hydrogen-bond acceptors (Lipinski definition) is 3. The second-order valence-corrected chi connectivity index (χ2v) is 8.34. The summed E-state index contributed by atoms with van der Waals surface area (Å²) in [4.78, 5) is 2.34. The molecular formula is C24H31ClFNO2. The van der Waals surface area contributed by atoms with Gasteiger partial charge in [0.05, 0.1) is 18.8 Å². The van der Waals surface area contributed by atoms with Crippen LogP contribution in [0.1, 0.15) is 49.7 Å². The van der Waals surface area contributed by atoms with E-state index in [1.165, 1.54) is 12.1 Å². The molecule has 1 fully saturated rings. The van der Waals surface area contributed by atoms with Crippen molar-refractivity contribution in [2.75, 3.05) is 32.8 Å². The van der Waals surface area contributed by atoms with Crippen LogP contribution in [0.25, 0.3) is 0 Å². The number of hydrogen-bond donors (Lipinski definition) is 1. The average molecular weight is 420 g/mol. The van der Waals surface area contributed by atoms with E-state index in [9.17, 15) is 9.50 Å². The molecule has 3 nitrogen and oxygen atoms in total. The van der Waals surface area contributed by atoms with Gasteiger partial charge in [-0.2, -0.15) is 0 Å². The highest BCUT2D eigenvalue weighted by molar-refractivity contribution is 6.30. The Labute approximate surface area is 178 Å². The van der Waals surface area contributed by atoms with Gasteiger partial charge >= 0.3 is 0 Å². The number of benzene rings is 2. The topological polar surface area (TPSA) is 32.7 Å². The van der Waals surface area contributed by atoms with Crippen LogP contribution in [0.3, 0.4) is 0 Å². The monoisotopic (exact) mass is 419 g/mol. The number of halogens is 2. The van der Waals surface area contributed by atoms with Crippen molar-refractivity contribution in [2.24, 2.45) is 0 Å². The Kier molecular flexibility index (Phi) is 8.07. The highest BCUT2D eigenvalue weighted by Crippen LogP contribution is 2.42. The third kappa shape index (κ3) is 5.79. The molecule has 0 radical (unpaired) electrons. The van der Waals surface area contributed by atoms with E-state index >= 15 is 0 Å². The molecular weight excluding hydrogens is 389 g/mol. The lowest BCUT2D eigenvalue weighted by atomic mass is 9.74. The van der Waals surface area contributed by atoms with Gasteiger partial charge in [0.25, 0.3) is 0 Å². The fraction of sp³-hybridized carbons (Fsp3) is 0.500. The van der Waals surface area contributed by atoms with Gasteiger partial charge < -0.3 is 9.84 Å². The summed E-state index contributed by atoms with van der Waals surface area (Å²) >= 11 is 6.13. The number of aliphatic hydroxyl groups is 1. The van der Waals surface area contributed by atoms with Crippen molar-refractivity contribution < 1.29 is 14.2 Å². The zero-order chi connectivity index (χ0) is 20.7. The smallest absolute Gasteiger partial charge is 0.123 e. The van der Waals surface area contributed by atoms with Crippen molar-refractivity contribution >= 4 is 11.6 Å². The molecule has 0 unspecified atom stereocenters. The minimum Gasteiger partial charge on any atom is -0.384 e. The molecule has 2 atom stereocenters. The molecule has 29 heavy (non-hydrogen) atoms. The van der Waals surface area contributed by atoms with Crippen LogP contribution in [0.2, 0.25) is 5.02 Å². The zero-order valence-electron chi connectivity index (χ0n) is 17.1. The molecule has 1 aliphatic rings. The second kappa shape index (κ2) is 10.5. The van der Waals surface area contributed by atoms with Gasteiger partial charge in [-0.3, -0.25) is 4.90 Å². The van der Waals surface area contributed by atoms with Crippen LogP contribution in [0.4, 0.5) is 4.39 Å². The summed E-state index contributed by atoms with van der Waals surface area (Å²) in [5.74, 6) is -0.443. The third-order valence-electron chi connectivity index (χ3n) is 5.90. The van der Waals surface area contributed by atoms with E-state index in [4.69, 9.17) is 16.3 Å². The first-order valence-corrected chi connectivity index (χ1v) is 10.9. The molecule has 1 N–H and O–H groups in total. The Morgan fingerprint density at radius 3 is 2.34 bits per heavy atom. The summed E-state index contributed by atoms with van der Waals surface area (Å²) in [7, 11) is 0. The highest BCUT2D eigenvalue weighted by atomic mass is 35.5. The average Bonchev–Trinajstić information content (AvgIpc) is 2.74. The molecule has 0 spiro atoms. The number of unbranched alkanes of at least 4 members (excludes halogenated alkanes) is 2. The van der Waals surface area contributed by atoms with Crippen LogP contribution < -0.4 is 0 Å². The first-order chi connectivity index (χ1) is 14.0. The Balaban J connectivity index is 1.99. The second-order valence-electron chi connectivity index (χ2n) is 7.91. The van der Waals surface area contributed by atoms with Gasteiger partial charge in [0.15, 0.2) is 0 Å². The molecule has 158 valence electrons. The Morgan fingerprint density at radius 2 is 1.72 bits per heavy atom. The molecule has 2 aromatic rings. The quantitative estimate of drug-likeness (QED) is 0.555. The largest absolute Gasteiger partial charge is 0.384 e. The van der Waals surface area contributed by atoms with E-state index < -0.39 is 5.60 Å². The van der Waals surface area contributed by atoms with Gasteiger partial charge in [-0.1, -0.05) is 62.1 Å². The number of rotatable bonds is 9. The molecule has 1 aliphatic heterocycles. The van der Waals surface area contributed by atoms with Gasteiger partial charge in [0, 0.05) is 30.6 Å². The molecule has 0 aliphatic carbocycles. The van der Waals surface area contributed by atoms with Crippen molar-refractivity contribution in [1.29, 1.82) is 0 Å². The van der Waals surface area contributed by atoms with Crippen molar-refractivity contribution in [3.63, 3.8) is 0 Å². The zero-order valence-corrected chi connectivity index (χ0v) is 17.9. The van der Waals surface area contributed by atoms with Crippen molar-refractivity contribution in [3.05, 3.63) is 70.5 Å². The first kappa shape index (κ1) is 22.2. The van der Waals surface area contributed by atoms with E-state index in [1.54, 1.807) is 12.1 Å². The lowest BCUT2D eigenvalue weighted by molar-refractivity contribution is -0.0296. The van der Waals surface area contributed by atoms with Gasteiger partial charge in [-0.05, 0) is 41.8 Å². The van der Waals surface area contributed by atoms with E-state index in [-0.39, 0.29) is 11.7 Å². The molecule has 0 saturated carbocycles. The van der Waals surface area contributed by atoms with Crippen LogP contribution >= 0.6 is 11.6 Å². The minimum absolute atomic E-state index is 0.153. The maximum atomic E-state index is 13.6. The fourth-order valence-corrected chi connectivity index (χ4v) is 4.30. The molecule has 1 saturated heterocycles. The Hall–Kier alpha value is -1.46. The van der Waals surface area contributed by atoms with Crippen LogP contribution in [0.15, 0.2) is 48.5 Å². The first-order valence-electron chi connectivity index (χ1n) is 10.6. The summed E-state index contributed by atoms with van der Waals surface area (Å²) in [6.07, 6.45) is 3.67. The number of morpholine rings is 1. The predicted molar refractivity (Wildman–Crippen MR) is 116 cm³/mol. The summed E-state index contributed by atoms with van der Waals surface area (Å²) in [5.41, 5.74) is 0.724. The lowest BCUT2D eigenvalue weighted by Crippen LogP contribution is -2.45. The molecule has 0 amide bonds. The maximum absolute atomic E-state index is 13.6. The van der Waals surface area contributed by atoms with Crippen LogP contribution in [-0.2, 0) is 10.3 Å². The maximum Gasteiger partial charge on any atom is 0.123 e. The highest BCUT2D eigenvalue weighted by Gasteiger charge is 2.40. The molecule has 0 aromatic heterocycles. The number of nitrogens with zero attached hydrogens (tertiary/aromatic N) is 1.